The van der Waals surface area contributed by atoms with Crippen LogP contribution in [0, 0.1) is 0 Å². The number of carbonyl (C=O) groups is 1. The van der Waals surface area contributed by atoms with E-state index in [1.54, 1.807) is 0 Å². The van der Waals surface area contributed by atoms with Gasteiger partial charge in [0.15, 0.2) is 6.29 Å². The predicted molar refractivity (Wildman–Crippen MR) is 47.3 cm³/mol. The molecule has 0 aromatic heterocycles. The van der Waals surface area contributed by atoms with E-state index in [0.717, 1.165) is 6.20 Å². The molecule has 0 aliphatic rings. The summed E-state index contributed by atoms with van der Waals surface area (Å²) in [7, 11) is 0. The Morgan fingerprint density at radius 1 is 1.45 bits per heavy atom. The Morgan fingerprint density at radius 2 is 2.00 bits per heavy atom. The van der Waals surface area contributed by atoms with Gasteiger partial charge in [0, 0.05) is 11.8 Å². The first-order valence-electron chi connectivity index (χ1n) is 2.72. The summed E-state index contributed by atoms with van der Waals surface area (Å²) >= 11 is 11.1. The van der Waals surface area contributed by atoms with E-state index in [1.165, 1.54) is 6.08 Å². The highest BCUT2D eigenvalue weighted by Crippen LogP contribution is 2.20. The maximum atomic E-state index is 10.2. The Kier molecular flexibility index (Phi) is 4.66. The molecule has 0 heterocycles. The van der Waals surface area contributed by atoms with E-state index < -0.39 is 0 Å². The third-order valence-corrected chi connectivity index (χ3v) is 1.81. The third-order valence-electron chi connectivity index (χ3n) is 0.949. The Bertz CT molecular complexity index is 231. The lowest BCUT2D eigenvalue weighted by Crippen LogP contribution is -1.91. The summed E-state index contributed by atoms with van der Waals surface area (Å²) in [5, 5.41) is 0.314. The van der Waals surface area contributed by atoms with Crippen LogP contribution >= 0.6 is 23.2 Å². The highest BCUT2D eigenvalue weighted by molar-refractivity contribution is 6.42. The minimum atomic E-state index is 0.110. The first-order valence-corrected chi connectivity index (χ1v) is 3.48. The van der Waals surface area contributed by atoms with Gasteiger partial charge in [0.1, 0.15) is 0 Å². The largest absolute Gasteiger partial charge is 0.404 e. The molecule has 2 N–H and O–H groups in total. The summed E-state index contributed by atoms with van der Waals surface area (Å²) in [4.78, 5) is 10.2. The van der Waals surface area contributed by atoms with E-state index in [-0.39, 0.29) is 15.6 Å². The molecule has 0 amide bonds. The SMILES string of the molecule is C=C/C(Cl)=C(Cl)\C(C=O)=C/N. The van der Waals surface area contributed by atoms with Crippen molar-refractivity contribution in [3.63, 3.8) is 0 Å². The number of hydrogen-bond acceptors (Lipinski definition) is 2. The molecule has 0 fully saturated rings. The van der Waals surface area contributed by atoms with Crippen LogP contribution < -0.4 is 5.73 Å². The smallest absolute Gasteiger partial charge is 0.153 e. The molecule has 0 bridgehead atoms. The van der Waals surface area contributed by atoms with Gasteiger partial charge in [-0.1, -0.05) is 29.8 Å². The average molecular weight is 192 g/mol. The van der Waals surface area contributed by atoms with Crippen molar-refractivity contribution in [2.75, 3.05) is 0 Å². The molecule has 0 unspecified atom stereocenters. The van der Waals surface area contributed by atoms with Gasteiger partial charge in [-0.25, -0.2) is 0 Å². The molecule has 0 aromatic carbocycles. The molecule has 0 saturated carbocycles. The minimum absolute atomic E-state index is 0.110. The molecule has 0 radical (unpaired) electrons. The zero-order chi connectivity index (χ0) is 8.85. The summed E-state index contributed by atoms with van der Waals surface area (Å²) in [6.07, 6.45) is 2.94. The van der Waals surface area contributed by atoms with Crippen LogP contribution in [0.4, 0.5) is 0 Å². The monoisotopic (exact) mass is 191 g/mol. The number of rotatable bonds is 3. The first-order chi connectivity index (χ1) is 5.17. The van der Waals surface area contributed by atoms with Crippen LogP contribution in [0.5, 0.6) is 0 Å². The molecular weight excluding hydrogens is 185 g/mol. The van der Waals surface area contributed by atoms with E-state index in [4.69, 9.17) is 28.9 Å². The standard InChI is InChI=1S/C7H7Cl2NO/c1-2-6(8)7(9)5(3-10)4-11/h2-4H,1,10H2/b5-3-,7-6-. The second-order valence-electron chi connectivity index (χ2n) is 1.61. The number of carbonyl (C=O) groups excluding carboxylic acids is 1. The Balaban J connectivity index is 4.85. The lowest BCUT2D eigenvalue weighted by Gasteiger charge is -1.96. The molecule has 0 aliphatic carbocycles. The Morgan fingerprint density at radius 3 is 2.27 bits per heavy atom. The second-order valence-corrected chi connectivity index (χ2v) is 2.39. The fraction of sp³-hybridized carbons (Fsp3) is 0. The van der Waals surface area contributed by atoms with Gasteiger partial charge in [-0.05, 0) is 6.08 Å². The minimum Gasteiger partial charge on any atom is -0.404 e. The summed E-state index contributed by atoms with van der Waals surface area (Å²) in [6.45, 7) is 3.37. The van der Waals surface area contributed by atoms with Gasteiger partial charge in [-0.2, -0.15) is 0 Å². The summed E-state index contributed by atoms with van der Waals surface area (Å²) in [5.41, 5.74) is 5.22. The van der Waals surface area contributed by atoms with Gasteiger partial charge in [-0.15, -0.1) is 0 Å². The molecule has 0 aliphatic heterocycles. The van der Waals surface area contributed by atoms with Crippen molar-refractivity contribution >= 4 is 29.5 Å². The average Bonchev–Trinajstić information content (AvgIpc) is 2.05. The highest BCUT2D eigenvalue weighted by Gasteiger charge is 2.03. The molecule has 60 valence electrons. The van der Waals surface area contributed by atoms with Gasteiger partial charge >= 0.3 is 0 Å². The molecule has 0 spiro atoms. The van der Waals surface area contributed by atoms with E-state index in [1.807, 2.05) is 0 Å². The molecule has 0 atom stereocenters. The van der Waals surface area contributed by atoms with Crippen LogP contribution in [0.1, 0.15) is 0 Å². The van der Waals surface area contributed by atoms with Gasteiger partial charge in [0.05, 0.1) is 10.1 Å². The zero-order valence-corrected chi connectivity index (χ0v) is 7.19. The first kappa shape index (κ1) is 10.3. The fourth-order valence-corrected chi connectivity index (χ4v) is 0.685. The topological polar surface area (TPSA) is 43.1 Å². The molecule has 0 saturated heterocycles. The number of allylic oxidation sites excluding steroid dienone is 4. The van der Waals surface area contributed by atoms with E-state index in [2.05, 4.69) is 6.58 Å². The van der Waals surface area contributed by atoms with Crippen molar-refractivity contribution in [1.82, 2.24) is 0 Å². The predicted octanol–water partition coefficient (Wildman–Crippen LogP) is 1.90. The molecular formula is C7H7Cl2NO. The van der Waals surface area contributed by atoms with Crippen molar-refractivity contribution < 1.29 is 4.79 Å². The van der Waals surface area contributed by atoms with Crippen molar-refractivity contribution in [2.24, 2.45) is 5.73 Å². The number of hydrogen-bond donors (Lipinski definition) is 1. The van der Waals surface area contributed by atoms with Gasteiger partial charge in [-0.3, -0.25) is 4.79 Å². The Labute approximate surface area is 75.0 Å². The quantitative estimate of drug-likeness (QED) is 0.421. The maximum Gasteiger partial charge on any atom is 0.153 e. The van der Waals surface area contributed by atoms with Crippen molar-refractivity contribution in [2.45, 2.75) is 0 Å². The number of aldehydes is 1. The molecule has 2 nitrogen and oxygen atoms in total. The van der Waals surface area contributed by atoms with Crippen LogP contribution in [0.3, 0.4) is 0 Å². The molecule has 4 heteroatoms. The van der Waals surface area contributed by atoms with Crippen LogP contribution in [0.2, 0.25) is 0 Å². The van der Waals surface area contributed by atoms with Gasteiger partial charge in [0.2, 0.25) is 0 Å². The summed E-state index contributed by atoms with van der Waals surface area (Å²) in [5.74, 6) is 0. The van der Waals surface area contributed by atoms with Crippen molar-refractivity contribution in [1.29, 1.82) is 0 Å². The van der Waals surface area contributed by atoms with Crippen molar-refractivity contribution in [3.8, 4) is 0 Å². The lowest BCUT2D eigenvalue weighted by atomic mass is 10.3. The zero-order valence-electron chi connectivity index (χ0n) is 5.68. The van der Waals surface area contributed by atoms with Crippen molar-refractivity contribution in [3.05, 3.63) is 34.5 Å². The molecule has 0 aromatic rings. The number of halogens is 2. The van der Waals surface area contributed by atoms with Crippen LogP contribution in [-0.2, 0) is 4.79 Å². The van der Waals surface area contributed by atoms with Crippen LogP contribution in [-0.4, -0.2) is 6.29 Å². The summed E-state index contributed by atoms with van der Waals surface area (Å²) in [6, 6.07) is 0. The third kappa shape index (κ3) is 2.78. The Hall–Kier alpha value is -0.730. The normalized spacial score (nSPS) is 13.8. The van der Waals surface area contributed by atoms with Gasteiger partial charge < -0.3 is 5.73 Å². The summed E-state index contributed by atoms with van der Waals surface area (Å²) < 4.78 is 0. The van der Waals surface area contributed by atoms with E-state index in [0.29, 0.717) is 6.29 Å². The number of nitrogens with two attached hydrogens (primary N) is 1. The van der Waals surface area contributed by atoms with Crippen LogP contribution in [0.15, 0.2) is 34.5 Å². The second kappa shape index (κ2) is 4.99. The molecule has 0 rings (SSSR count). The molecule has 11 heavy (non-hydrogen) atoms. The van der Waals surface area contributed by atoms with Crippen LogP contribution in [0.25, 0.3) is 0 Å². The lowest BCUT2D eigenvalue weighted by molar-refractivity contribution is -0.104. The van der Waals surface area contributed by atoms with E-state index >= 15 is 0 Å². The highest BCUT2D eigenvalue weighted by atomic mass is 35.5. The fourth-order valence-electron chi connectivity index (χ4n) is 0.392. The maximum absolute atomic E-state index is 10.2. The van der Waals surface area contributed by atoms with Gasteiger partial charge in [0.25, 0.3) is 0 Å². The van der Waals surface area contributed by atoms with E-state index in [9.17, 15) is 4.79 Å².